The first-order chi connectivity index (χ1) is 16.6. The smallest absolute Gasteiger partial charge is 0.256 e. The van der Waals surface area contributed by atoms with Crippen LogP contribution in [0.5, 0.6) is 5.75 Å². The minimum absolute atomic E-state index is 0.00692. The molecule has 0 unspecified atom stereocenters. The van der Waals surface area contributed by atoms with E-state index in [1.807, 2.05) is 0 Å². The van der Waals surface area contributed by atoms with Crippen LogP contribution in [0.15, 0.2) is 46.2 Å². The highest BCUT2D eigenvalue weighted by atomic mass is 32.2. The van der Waals surface area contributed by atoms with Crippen LogP contribution in [0.3, 0.4) is 0 Å². The Balaban J connectivity index is 1.64. The Kier molecular flexibility index (Phi) is 7.48. The molecule has 2 heterocycles. The van der Waals surface area contributed by atoms with Crippen molar-refractivity contribution in [2.75, 3.05) is 51.8 Å². The number of aryl methyl sites for hydroxylation is 1. The van der Waals surface area contributed by atoms with E-state index in [9.17, 15) is 21.6 Å². The lowest BCUT2D eigenvalue weighted by atomic mass is 10.1. The van der Waals surface area contributed by atoms with Gasteiger partial charge < -0.3 is 14.8 Å². The first-order valence-corrected chi connectivity index (χ1v) is 14.2. The fourth-order valence-corrected chi connectivity index (χ4v) is 7.13. The molecule has 10 nitrogen and oxygen atoms in total. The average molecular weight is 524 g/mol. The predicted octanol–water partition coefficient (Wildman–Crippen LogP) is 2.06. The topological polar surface area (TPSA) is 122 Å². The highest BCUT2D eigenvalue weighted by molar-refractivity contribution is 7.89. The molecule has 0 atom stereocenters. The summed E-state index contributed by atoms with van der Waals surface area (Å²) in [6.07, 6.45) is 1.61. The molecule has 1 N–H and O–H groups in total. The molecule has 4 rings (SSSR count). The third-order valence-corrected chi connectivity index (χ3v) is 9.97. The summed E-state index contributed by atoms with van der Waals surface area (Å²) in [5.41, 5.74) is 0.913. The molecule has 2 saturated heterocycles. The Morgan fingerprint density at radius 1 is 0.886 bits per heavy atom. The molecule has 0 aromatic heterocycles. The Morgan fingerprint density at radius 2 is 1.46 bits per heavy atom. The maximum absolute atomic E-state index is 13.2. The summed E-state index contributed by atoms with van der Waals surface area (Å²) in [6.45, 7) is 3.73. The van der Waals surface area contributed by atoms with Crippen LogP contribution >= 0.6 is 0 Å². The molecule has 0 aliphatic carbocycles. The third kappa shape index (κ3) is 5.21. The lowest BCUT2D eigenvalue weighted by molar-refractivity contribution is 0.0730. The highest BCUT2D eigenvalue weighted by Gasteiger charge is 2.29. The Morgan fingerprint density at radius 3 is 2.09 bits per heavy atom. The number of anilines is 1. The molecule has 0 saturated carbocycles. The second-order valence-corrected chi connectivity index (χ2v) is 12.3. The number of hydrogen-bond donors (Lipinski definition) is 1. The van der Waals surface area contributed by atoms with Gasteiger partial charge in [-0.05, 0) is 55.7 Å². The standard InChI is InChI=1S/C23H29N3O7S2/c1-17-5-6-18(34(28,29)26-11-13-33-14-12-26)15-20(17)23(27)24-21-16-19(7-8-22(21)32-2)35(30,31)25-9-3-4-10-25/h5-8,15-16H,3-4,9-14H2,1-2H3,(H,24,27). The van der Waals surface area contributed by atoms with E-state index in [-0.39, 0.29) is 39.9 Å². The van der Waals surface area contributed by atoms with E-state index < -0.39 is 26.0 Å². The molecule has 2 aromatic carbocycles. The minimum Gasteiger partial charge on any atom is -0.495 e. The summed E-state index contributed by atoms with van der Waals surface area (Å²) in [6, 6.07) is 8.70. The average Bonchev–Trinajstić information content (AvgIpc) is 3.41. The van der Waals surface area contributed by atoms with Crippen molar-refractivity contribution < 1.29 is 31.1 Å². The van der Waals surface area contributed by atoms with Gasteiger partial charge in [0.25, 0.3) is 5.91 Å². The zero-order chi connectivity index (χ0) is 25.2. The first-order valence-electron chi connectivity index (χ1n) is 11.3. The van der Waals surface area contributed by atoms with Crippen LogP contribution in [0.4, 0.5) is 5.69 Å². The van der Waals surface area contributed by atoms with Crippen LogP contribution in [0.25, 0.3) is 0 Å². The van der Waals surface area contributed by atoms with Crippen molar-refractivity contribution in [3.63, 3.8) is 0 Å². The molecule has 190 valence electrons. The van der Waals surface area contributed by atoms with Gasteiger partial charge in [0, 0.05) is 31.7 Å². The number of methoxy groups -OCH3 is 1. The lowest BCUT2D eigenvalue weighted by Crippen LogP contribution is -2.40. The van der Waals surface area contributed by atoms with Crippen LogP contribution in [-0.4, -0.2) is 77.9 Å². The van der Waals surface area contributed by atoms with Crippen molar-refractivity contribution >= 4 is 31.6 Å². The van der Waals surface area contributed by atoms with Gasteiger partial charge in [0.15, 0.2) is 0 Å². The van der Waals surface area contributed by atoms with Gasteiger partial charge in [-0.1, -0.05) is 6.07 Å². The number of morpholine rings is 1. The van der Waals surface area contributed by atoms with Gasteiger partial charge in [-0.15, -0.1) is 0 Å². The SMILES string of the molecule is COc1ccc(S(=O)(=O)N2CCCC2)cc1NC(=O)c1cc(S(=O)(=O)N2CCOCC2)ccc1C. The van der Waals surface area contributed by atoms with E-state index in [0.717, 1.165) is 12.8 Å². The zero-order valence-electron chi connectivity index (χ0n) is 19.7. The molecule has 1 amide bonds. The van der Waals surface area contributed by atoms with Crippen molar-refractivity contribution in [1.82, 2.24) is 8.61 Å². The van der Waals surface area contributed by atoms with Crippen LogP contribution in [0.1, 0.15) is 28.8 Å². The largest absolute Gasteiger partial charge is 0.495 e. The monoisotopic (exact) mass is 523 g/mol. The maximum atomic E-state index is 13.2. The highest BCUT2D eigenvalue weighted by Crippen LogP contribution is 2.31. The molecule has 35 heavy (non-hydrogen) atoms. The Hall–Kier alpha value is -2.51. The lowest BCUT2D eigenvalue weighted by Gasteiger charge is -2.26. The number of ether oxygens (including phenoxy) is 2. The molecular weight excluding hydrogens is 494 g/mol. The predicted molar refractivity (Wildman–Crippen MR) is 130 cm³/mol. The summed E-state index contributed by atoms with van der Waals surface area (Å²) < 4.78 is 65.4. The number of sulfonamides is 2. The molecule has 0 radical (unpaired) electrons. The van der Waals surface area contributed by atoms with Gasteiger partial charge in [-0.2, -0.15) is 8.61 Å². The summed E-state index contributed by atoms with van der Waals surface area (Å²) in [5.74, 6) is -0.288. The fraction of sp³-hybridized carbons (Fsp3) is 0.435. The Bertz CT molecular complexity index is 1310. The van der Waals surface area contributed by atoms with Crippen LogP contribution in [0.2, 0.25) is 0 Å². The molecular formula is C23H29N3O7S2. The number of nitrogens with one attached hydrogen (secondary N) is 1. The number of carbonyl (C=O) groups is 1. The normalized spacial score (nSPS) is 17.9. The van der Waals surface area contributed by atoms with Crippen molar-refractivity contribution in [2.24, 2.45) is 0 Å². The van der Waals surface area contributed by atoms with Gasteiger partial charge in [-0.3, -0.25) is 4.79 Å². The number of amides is 1. The van der Waals surface area contributed by atoms with Gasteiger partial charge in [0.2, 0.25) is 20.0 Å². The van der Waals surface area contributed by atoms with Gasteiger partial charge in [-0.25, -0.2) is 16.8 Å². The number of nitrogens with zero attached hydrogens (tertiary/aromatic N) is 2. The second-order valence-electron chi connectivity index (χ2n) is 8.42. The van der Waals surface area contributed by atoms with Crippen LogP contribution in [-0.2, 0) is 24.8 Å². The van der Waals surface area contributed by atoms with Gasteiger partial charge >= 0.3 is 0 Å². The van der Waals surface area contributed by atoms with E-state index in [0.29, 0.717) is 31.9 Å². The molecule has 12 heteroatoms. The molecule has 2 fully saturated rings. The van der Waals surface area contributed by atoms with Crippen molar-refractivity contribution in [3.8, 4) is 5.75 Å². The van der Waals surface area contributed by atoms with Crippen molar-refractivity contribution in [1.29, 1.82) is 0 Å². The van der Waals surface area contributed by atoms with Crippen LogP contribution in [0, 0.1) is 6.92 Å². The van der Waals surface area contributed by atoms with E-state index >= 15 is 0 Å². The number of benzene rings is 2. The van der Waals surface area contributed by atoms with E-state index in [1.165, 1.54) is 46.1 Å². The number of carbonyl (C=O) groups excluding carboxylic acids is 1. The van der Waals surface area contributed by atoms with E-state index in [4.69, 9.17) is 9.47 Å². The van der Waals surface area contributed by atoms with Crippen molar-refractivity contribution in [3.05, 3.63) is 47.5 Å². The minimum atomic E-state index is -3.79. The Labute approximate surface area is 205 Å². The second kappa shape index (κ2) is 10.2. The van der Waals surface area contributed by atoms with Crippen molar-refractivity contribution in [2.45, 2.75) is 29.6 Å². The quantitative estimate of drug-likeness (QED) is 0.589. The summed E-state index contributed by atoms with van der Waals surface area (Å²) in [4.78, 5) is 13.3. The molecule has 2 aliphatic rings. The first kappa shape index (κ1) is 25.6. The maximum Gasteiger partial charge on any atom is 0.256 e. The van der Waals surface area contributed by atoms with E-state index in [1.54, 1.807) is 13.0 Å². The van der Waals surface area contributed by atoms with Gasteiger partial charge in [0.05, 0.1) is 35.8 Å². The molecule has 2 aliphatic heterocycles. The third-order valence-electron chi connectivity index (χ3n) is 6.18. The fourth-order valence-electron chi connectivity index (χ4n) is 4.15. The van der Waals surface area contributed by atoms with Crippen LogP contribution < -0.4 is 10.1 Å². The summed E-state index contributed by atoms with van der Waals surface area (Å²) in [5, 5.41) is 2.70. The molecule has 0 bridgehead atoms. The summed E-state index contributed by atoms with van der Waals surface area (Å²) in [7, 11) is -6.08. The van der Waals surface area contributed by atoms with Gasteiger partial charge in [0.1, 0.15) is 5.75 Å². The van der Waals surface area contributed by atoms with E-state index in [2.05, 4.69) is 5.32 Å². The zero-order valence-corrected chi connectivity index (χ0v) is 21.3. The number of hydrogen-bond acceptors (Lipinski definition) is 7. The number of rotatable bonds is 7. The summed E-state index contributed by atoms with van der Waals surface area (Å²) >= 11 is 0. The molecule has 0 spiro atoms. The molecule has 2 aromatic rings.